The van der Waals surface area contributed by atoms with Crippen LogP contribution in [-0.2, 0) is 4.79 Å². The van der Waals surface area contributed by atoms with E-state index in [1.54, 1.807) is 6.92 Å². The summed E-state index contributed by atoms with van der Waals surface area (Å²) >= 11 is 0. The number of carbonyl (C=O) groups is 2. The van der Waals surface area contributed by atoms with Gasteiger partial charge >= 0.3 is 12.0 Å². The zero-order chi connectivity index (χ0) is 15.1. The van der Waals surface area contributed by atoms with Gasteiger partial charge in [0.1, 0.15) is 11.9 Å². The molecule has 0 aliphatic carbocycles. The first-order valence-electron chi connectivity index (χ1n) is 6.56. The van der Waals surface area contributed by atoms with E-state index in [2.05, 4.69) is 5.32 Å². The molecule has 0 unspecified atom stereocenters. The third-order valence-electron chi connectivity index (χ3n) is 2.87. The van der Waals surface area contributed by atoms with E-state index in [-0.39, 0.29) is 5.82 Å². The molecule has 0 aromatic heterocycles. The lowest BCUT2D eigenvalue weighted by Crippen LogP contribution is -2.48. The summed E-state index contributed by atoms with van der Waals surface area (Å²) in [5.74, 6) is -1.45. The SMILES string of the molecule is CCC[C@H](NC(=O)N(CC)c1ccc(F)cc1)C(=O)O. The van der Waals surface area contributed by atoms with Crippen molar-refractivity contribution in [3.8, 4) is 0 Å². The van der Waals surface area contributed by atoms with Crippen molar-refractivity contribution in [3.63, 3.8) is 0 Å². The monoisotopic (exact) mass is 282 g/mol. The fourth-order valence-corrected chi connectivity index (χ4v) is 1.84. The van der Waals surface area contributed by atoms with Crippen LogP contribution in [0.3, 0.4) is 0 Å². The van der Waals surface area contributed by atoms with Gasteiger partial charge in [-0.05, 0) is 37.6 Å². The predicted octanol–water partition coefficient (Wildman–Crippen LogP) is 2.61. The lowest BCUT2D eigenvalue weighted by Gasteiger charge is -2.24. The van der Waals surface area contributed by atoms with E-state index in [9.17, 15) is 14.0 Å². The van der Waals surface area contributed by atoms with Crippen molar-refractivity contribution in [3.05, 3.63) is 30.1 Å². The second kappa shape index (κ2) is 7.47. The number of nitrogens with zero attached hydrogens (tertiary/aromatic N) is 1. The molecule has 0 saturated carbocycles. The van der Waals surface area contributed by atoms with Gasteiger partial charge in [0.25, 0.3) is 0 Å². The minimum Gasteiger partial charge on any atom is -0.480 e. The van der Waals surface area contributed by atoms with E-state index in [1.807, 2.05) is 6.92 Å². The first kappa shape index (κ1) is 15.9. The molecule has 1 atom stereocenters. The molecule has 6 heteroatoms. The Balaban J connectivity index is 2.81. The van der Waals surface area contributed by atoms with Gasteiger partial charge in [-0.2, -0.15) is 0 Å². The fraction of sp³-hybridized carbons (Fsp3) is 0.429. The molecule has 0 aliphatic heterocycles. The topological polar surface area (TPSA) is 69.6 Å². The number of amides is 2. The summed E-state index contributed by atoms with van der Waals surface area (Å²) in [4.78, 5) is 24.5. The first-order valence-corrected chi connectivity index (χ1v) is 6.56. The molecule has 110 valence electrons. The quantitative estimate of drug-likeness (QED) is 0.842. The highest BCUT2D eigenvalue weighted by atomic mass is 19.1. The Bertz CT molecular complexity index is 462. The van der Waals surface area contributed by atoms with Gasteiger partial charge in [-0.3, -0.25) is 4.90 Å². The van der Waals surface area contributed by atoms with E-state index in [1.165, 1.54) is 29.2 Å². The lowest BCUT2D eigenvalue weighted by molar-refractivity contribution is -0.139. The number of carboxylic acid groups (broad SMARTS) is 1. The maximum Gasteiger partial charge on any atom is 0.326 e. The Morgan fingerprint density at radius 3 is 2.35 bits per heavy atom. The molecule has 2 amide bonds. The van der Waals surface area contributed by atoms with Crippen molar-refractivity contribution >= 4 is 17.7 Å². The van der Waals surface area contributed by atoms with Gasteiger partial charge < -0.3 is 10.4 Å². The van der Waals surface area contributed by atoms with Crippen LogP contribution in [0.25, 0.3) is 0 Å². The van der Waals surface area contributed by atoms with Crippen molar-refractivity contribution < 1.29 is 19.1 Å². The molecule has 0 heterocycles. The number of nitrogens with one attached hydrogen (secondary N) is 1. The number of hydrogen-bond donors (Lipinski definition) is 2. The van der Waals surface area contributed by atoms with Crippen LogP contribution in [0.2, 0.25) is 0 Å². The van der Waals surface area contributed by atoms with Crippen LogP contribution in [0.4, 0.5) is 14.9 Å². The standard InChI is InChI=1S/C14H19FN2O3/c1-3-5-12(13(18)19)16-14(20)17(4-2)11-8-6-10(15)7-9-11/h6-9,12H,3-5H2,1-2H3,(H,16,20)(H,18,19)/t12-/m0/s1. The second-order valence-electron chi connectivity index (χ2n) is 4.35. The molecule has 1 rings (SSSR count). The Kier molecular flexibility index (Phi) is 5.96. The van der Waals surface area contributed by atoms with Gasteiger partial charge in [-0.15, -0.1) is 0 Å². The number of carbonyl (C=O) groups excluding carboxylic acids is 1. The number of carboxylic acids is 1. The van der Waals surface area contributed by atoms with Crippen LogP contribution in [-0.4, -0.2) is 29.7 Å². The molecule has 20 heavy (non-hydrogen) atoms. The summed E-state index contributed by atoms with van der Waals surface area (Å²) in [6.07, 6.45) is 1.02. The van der Waals surface area contributed by atoms with Gasteiger partial charge in [0.2, 0.25) is 0 Å². The van der Waals surface area contributed by atoms with E-state index in [0.29, 0.717) is 25.1 Å². The molecule has 0 fully saturated rings. The smallest absolute Gasteiger partial charge is 0.326 e. The van der Waals surface area contributed by atoms with E-state index >= 15 is 0 Å². The van der Waals surface area contributed by atoms with Gasteiger partial charge in [0.05, 0.1) is 0 Å². The predicted molar refractivity (Wildman–Crippen MR) is 74.3 cm³/mol. The summed E-state index contributed by atoms with van der Waals surface area (Å²) in [7, 11) is 0. The van der Waals surface area contributed by atoms with Crippen molar-refractivity contribution in [2.45, 2.75) is 32.7 Å². The third kappa shape index (κ3) is 4.22. The van der Waals surface area contributed by atoms with Crippen LogP contribution < -0.4 is 10.2 Å². The van der Waals surface area contributed by atoms with Gasteiger partial charge in [-0.1, -0.05) is 13.3 Å². The fourth-order valence-electron chi connectivity index (χ4n) is 1.84. The highest BCUT2D eigenvalue weighted by Gasteiger charge is 2.22. The van der Waals surface area contributed by atoms with Crippen molar-refractivity contribution in [1.29, 1.82) is 0 Å². The number of rotatable bonds is 6. The zero-order valence-electron chi connectivity index (χ0n) is 11.6. The lowest BCUT2D eigenvalue weighted by atomic mass is 10.2. The van der Waals surface area contributed by atoms with Crippen LogP contribution in [0.5, 0.6) is 0 Å². The normalized spacial score (nSPS) is 11.8. The second-order valence-corrected chi connectivity index (χ2v) is 4.35. The summed E-state index contributed by atoms with van der Waals surface area (Å²) < 4.78 is 12.9. The van der Waals surface area contributed by atoms with Crippen LogP contribution in [0.15, 0.2) is 24.3 Å². The average molecular weight is 282 g/mol. The van der Waals surface area contributed by atoms with Gasteiger partial charge in [-0.25, -0.2) is 14.0 Å². The third-order valence-corrected chi connectivity index (χ3v) is 2.87. The van der Waals surface area contributed by atoms with Crippen LogP contribution in [0, 0.1) is 5.82 Å². The molecule has 1 aromatic carbocycles. The van der Waals surface area contributed by atoms with Crippen molar-refractivity contribution in [2.24, 2.45) is 0 Å². The number of anilines is 1. The highest BCUT2D eigenvalue weighted by Crippen LogP contribution is 2.15. The molecular formula is C14H19FN2O3. The number of halogens is 1. The largest absolute Gasteiger partial charge is 0.480 e. The molecule has 0 aliphatic rings. The molecule has 0 bridgehead atoms. The number of benzene rings is 1. The van der Waals surface area contributed by atoms with Crippen LogP contribution in [0.1, 0.15) is 26.7 Å². The van der Waals surface area contributed by atoms with Crippen LogP contribution >= 0.6 is 0 Å². The molecular weight excluding hydrogens is 263 g/mol. The molecule has 0 radical (unpaired) electrons. The van der Waals surface area contributed by atoms with Crippen molar-refractivity contribution in [2.75, 3.05) is 11.4 Å². The maximum absolute atomic E-state index is 12.9. The summed E-state index contributed by atoms with van der Waals surface area (Å²) in [5.41, 5.74) is 0.520. The Labute approximate surface area is 117 Å². The summed E-state index contributed by atoms with van der Waals surface area (Å²) in [6.45, 7) is 3.97. The number of urea groups is 1. The molecule has 2 N–H and O–H groups in total. The molecule has 0 saturated heterocycles. The molecule has 1 aromatic rings. The Hall–Kier alpha value is -2.11. The minimum atomic E-state index is -1.06. The van der Waals surface area contributed by atoms with E-state index in [0.717, 1.165) is 0 Å². The first-order chi connectivity index (χ1) is 9.49. The molecule has 0 spiro atoms. The van der Waals surface area contributed by atoms with E-state index in [4.69, 9.17) is 5.11 Å². The molecule has 5 nitrogen and oxygen atoms in total. The van der Waals surface area contributed by atoms with Gasteiger partial charge in [0, 0.05) is 12.2 Å². The number of hydrogen-bond acceptors (Lipinski definition) is 2. The Morgan fingerprint density at radius 2 is 1.90 bits per heavy atom. The zero-order valence-corrected chi connectivity index (χ0v) is 11.6. The summed E-state index contributed by atoms with van der Waals surface area (Å²) in [5, 5.41) is 11.5. The minimum absolute atomic E-state index is 0.357. The summed E-state index contributed by atoms with van der Waals surface area (Å²) in [6, 6.07) is 4.06. The van der Waals surface area contributed by atoms with Gasteiger partial charge in [0.15, 0.2) is 0 Å². The highest BCUT2D eigenvalue weighted by molar-refractivity contribution is 5.94. The number of aliphatic carboxylic acids is 1. The van der Waals surface area contributed by atoms with E-state index < -0.39 is 18.0 Å². The maximum atomic E-state index is 12.9. The Morgan fingerprint density at radius 1 is 1.30 bits per heavy atom. The average Bonchev–Trinajstić information content (AvgIpc) is 2.41. The van der Waals surface area contributed by atoms with Crippen molar-refractivity contribution in [1.82, 2.24) is 5.32 Å².